The van der Waals surface area contributed by atoms with Crippen molar-refractivity contribution < 1.29 is 13.2 Å². The highest BCUT2D eigenvalue weighted by Gasteiger charge is 2.35. The molecule has 1 amide bonds. The largest absolute Gasteiger partial charge is 0.341 e. The molecule has 2 rings (SSSR count). The summed E-state index contributed by atoms with van der Waals surface area (Å²) < 4.78 is 22.8. The second kappa shape index (κ2) is 4.96. The van der Waals surface area contributed by atoms with Crippen LogP contribution in [0.4, 0.5) is 0 Å². The average Bonchev–Trinajstić information content (AvgIpc) is 2.69. The zero-order valence-electron chi connectivity index (χ0n) is 10.4. The fraction of sp³-hybridized carbons (Fsp3) is 0.917. The van der Waals surface area contributed by atoms with Gasteiger partial charge in [-0.2, -0.15) is 0 Å². The van der Waals surface area contributed by atoms with Gasteiger partial charge in [-0.1, -0.05) is 19.3 Å². The number of rotatable bonds is 2. The van der Waals surface area contributed by atoms with Crippen molar-refractivity contribution in [2.45, 2.75) is 44.6 Å². The van der Waals surface area contributed by atoms with Crippen molar-refractivity contribution in [1.82, 2.24) is 4.90 Å². The van der Waals surface area contributed by atoms with E-state index in [0.29, 0.717) is 6.42 Å². The minimum absolute atomic E-state index is 0.0885. The van der Waals surface area contributed by atoms with E-state index in [4.69, 9.17) is 0 Å². The molecule has 1 saturated carbocycles. The molecule has 0 unspecified atom stereocenters. The Morgan fingerprint density at radius 2 is 1.76 bits per heavy atom. The van der Waals surface area contributed by atoms with Gasteiger partial charge in [0.1, 0.15) is 0 Å². The molecule has 1 aliphatic carbocycles. The van der Waals surface area contributed by atoms with Gasteiger partial charge >= 0.3 is 0 Å². The molecule has 0 radical (unpaired) electrons. The fourth-order valence-corrected chi connectivity index (χ4v) is 4.67. The molecule has 2 fully saturated rings. The van der Waals surface area contributed by atoms with Crippen molar-refractivity contribution in [3.05, 3.63) is 0 Å². The van der Waals surface area contributed by atoms with E-state index in [2.05, 4.69) is 0 Å². The summed E-state index contributed by atoms with van der Waals surface area (Å²) in [7, 11) is -1.13. The maximum Gasteiger partial charge on any atom is 0.225 e. The average molecular weight is 259 g/mol. The van der Waals surface area contributed by atoms with Gasteiger partial charge in [0.2, 0.25) is 5.91 Å². The molecule has 1 saturated heterocycles. The molecule has 98 valence electrons. The van der Waals surface area contributed by atoms with E-state index in [0.717, 1.165) is 25.7 Å². The first-order valence-corrected chi connectivity index (χ1v) is 8.29. The summed E-state index contributed by atoms with van der Waals surface area (Å²) in [5, 5.41) is 0. The summed E-state index contributed by atoms with van der Waals surface area (Å²) in [6.45, 7) is 0. The van der Waals surface area contributed by atoms with Crippen molar-refractivity contribution in [3.63, 3.8) is 0 Å². The Kier molecular flexibility index (Phi) is 3.76. The molecule has 0 spiro atoms. The highest BCUT2D eigenvalue weighted by Crippen LogP contribution is 2.27. The van der Waals surface area contributed by atoms with Crippen LogP contribution in [0.15, 0.2) is 0 Å². The molecule has 0 N–H and O–H groups in total. The normalized spacial score (nSPS) is 29.1. The minimum Gasteiger partial charge on any atom is -0.341 e. The van der Waals surface area contributed by atoms with E-state index in [1.54, 1.807) is 11.9 Å². The van der Waals surface area contributed by atoms with Gasteiger partial charge in [0.25, 0.3) is 0 Å². The zero-order chi connectivity index (χ0) is 12.5. The van der Waals surface area contributed by atoms with Crippen LogP contribution in [0, 0.1) is 5.92 Å². The highest BCUT2D eigenvalue weighted by molar-refractivity contribution is 7.91. The SMILES string of the molecule is CN(C(=O)C1CCCCC1)[C@@H]1CCS(=O)(=O)C1. The Balaban J connectivity index is 1.95. The van der Waals surface area contributed by atoms with E-state index < -0.39 is 9.84 Å². The maximum absolute atomic E-state index is 12.2. The predicted octanol–water partition coefficient (Wildman–Crippen LogP) is 1.21. The van der Waals surface area contributed by atoms with E-state index in [1.165, 1.54) is 6.42 Å². The number of carbonyl (C=O) groups excluding carboxylic acids is 1. The first kappa shape index (κ1) is 12.9. The van der Waals surface area contributed by atoms with Crippen molar-refractivity contribution in [2.75, 3.05) is 18.6 Å². The quantitative estimate of drug-likeness (QED) is 0.749. The molecular weight excluding hydrogens is 238 g/mol. The number of nitrogens with zero attached hydrogens (tertiary/aromatic N) is 1. The fourth-order valence-electron chi connectivity index (χ4n) is 2.90. The van der Waals surface area contributed by atoms with Gasteiger partial charge in [-0.3, -0.25) is 4.79 Å². The number of hydrogen-bond acceptors (Lipinski definition) is 3. The summed E-state index contributed by atoms with van der Waals surface area (Å²) in [4.78, 5) is 13.9. The van der Waals surface area contributed by atoms with Crippen LogP contribution in [0.25, 0.3) is 0 Å². The number of sulfone groups is 1. The molecular formula is C12H21NO3S. The third kappa shape index (κ3) is 3.00. The molecule has 0 bridgehead atoms. The van der Waals surface area contributed by atoms with Crippen LogP contribution in [0.5, 0.6) is 0 Å². The summed E-state index contributed by atoms with van der Waals surface area (Å²) in [5.41, 5.74) is 0. The molecule has 1 atom stereocenters. The van der Waals surface area contributed by atoms with Crippen molar-refractivity contribution >= 4 is 15.7 Å². The van der Waals surface area contributed by atoms with E-state index >= 15 is 0 Å². The first-order valence-electron chi connectivity index (χ1n) is 6.47. The highest BCUT2D eigenvalue weighted by atomic mass is 32.2. The molecule has 17 heavy (non-hydrogen) atoms. The second-order valence-corrected chi connectivity index (χ2v) is 7.57. The Morgan fingerprint density at radius 1 is 1.12 bits per heavy atom. The Labute approximate surface area is 103 Å². The lowest BCUT2D eigenvalue weighted by Crippen LogP contribution is -2.41. The number of amides is 1. The Hall–Kier alpha value is -0.580. The molecule has 4 nitrogen and oxygen atoms in total. The predicted molar refractivity (Wildman–Crippen MR) is 66.4 cm³/mol. The van der Waals surface area contributed by atoms with Gasteiger partial charge in [-0.15, -0.1) is 0 Å². The topological polar surface area (TPSA) is 54.5 Å². The summed E-state index contributed by atoms with van der Waals surface area (Å²) in [6, 6.07) is -0.0885. The second-order valence-electron chi connectivity index (χ2n) is 5.34. The molecule has 2 aliphatic rings. The summed E-state index contributed by atoms with van der Waals surface area (Å²) in [6.07, 6.45) is 6.05. The van der Waals surface area contributed by atoms with Crippen LogP contribution in [0.1, 0.15) is 38.5 Å². The first-order chi connectivity index (χ1) is 7.99. The molecule has 1 heterocycles. The third-order valence-electron chi connectivity index (χ3n) is 4.06. The Morgan fingerprint density at radius 3 is 2.29 bits per heavy atom. The lowest BCUT2D eigenvalue weighted by molar-refractivity contribution is -0.136. The molecule has 1 aliphatic heterocycles. The van der Waals surface area contributed by atoms with Crippen molar-refractivity contribution in [3.8, 4) is 0 Å². The lowest BCUT2D eigenvalue weighted by atomic mass is 9.88. The van der Waals surface area contributed by atoms with Crippen molar-refractivity contribution in [2.24, 2.45) is 5.92 Å². The van der Waals surface area contributed by atoms with Crippen LogP contribution in [-0.4, -0.2) is 43.8 Å². The lowest BCUT2D eigenvalue weighted by Gasteiger charge is -2.29. The van der Waals surface area contributed by atoms with Crippen LogP contribution in [0.3, 0.4) is 0 Å². The summed E-state index contributed by atoms with van der Waals surface area (Å²) in [5.74, 6) is 0.686. The van der Waals surface area contributed by atoms with Gasteiger partial charge in [0.15, 0.2) is 9.84 Å². The van der Waals surface area contributed by atoms with Crippen molar-refractivity contribution in [1.29, 1.82) is 0 Å². The van der Waals surface area contributed by atoms with Crippen LogP contribution in [-0.2, 0) is 14.6 Å². The molecule has 0 aromatic heterocycles. The van der Waals surface area contributed by atoms with Gasteiger partial charge in [-0.25, -0.2) is 8.42 Å². The molecule has 0 aromatic rings. The van der Waals surface area contributed by atoms with E-state index in [9.17, 15) is 13.2 Å². The van der Waals surface area contributed by atoms with Crippen LogP contribution >= 0.6 is 0 Å². The van der Waals surface area contributed by atoms with E-state index in [-0.39, 0.29) is 29.4 Å². The molecule has 0 aromatic carbocycles. The monoisotopic (exact) mass is 259 g/mol. The van der Waals surface area contributed by atoms with Gasteiger partial charge in [0, 0.05) is 19.0 Å². The smallest absolute Gasteiger partial charge is 0.225 e. The van der Waals surface area contributed by atoms with Gasteiger partial charge in [0.05, 0.1) is 11.5 Å². The Bertz CT molecular complexity index is 385. The van der Waals surface area contributed by atoms with E-state index in [1.807, 2.05) is 0 Å². The third-order valence-corrected chi connectivity index (χ3v) is 5.81. The number of carbonyl (C=O) groups is 1. The van der Waals surface area contributed by atoms with Crippen LogP contribution < -0.4 is 0 Å². The standard InChI is InChI=1S/C12H21NO3S/c1-13(11-7-8-17(15,16)9-11)12(14)10-5-3-2-4-6-10/h10-11H,2-9H2,1H3/t11-/m1/s1. The minimum atomic E-state index is -2.90. The number of hydrogen-bond donors (Lipinski definition) is 0. The molecule has 5 heteroatoms. The van der Waals surface area contributed by atoms with Crippen LogP contribution in [0.2, 0.25) is 0 Å². The van der Waals surface area contributed by atoms with Gasteiger partial charge < -0.3 is 4.90 Å². The zero-order valence-corrected chi connectivity index (χ0v) is 11.2. The maximum atomic E-state index is 12.2. The van der Waals surface area contributed by atoms with Gasteiger partial charge in [-0.05, 0) is 19.3 Å². The summed E-state index contributed by atoms with van der Waals surface area (Å²) >= 11 is 0.